The molecule has 0 aliphatic carbocycles. The molecule has 0 spiro atoms. The van der Waals surface area contributed by atoms with Gasteiger partial charge < -0.3 is 19.7 Å². The normalized spacial score (nSPS) is 11.4. The minimum atomic E-state index is -1.03. The third-order valence-corrected chi connectivity index (χ3v) is 4.65. The molecule has 2 aromatic carbocycles. The van der Waals surface area contributed by atoms with Crippen LogP contribution in [0.5, 0.6) is 5.75 Å². The van der Waals surface area contributed by atoms with Crippen LogP contribution < -0.4 is 10.1 Å². The van der Waals surface area contributed by atoms with Crippen LogP contribution in [0.25, 0.3) is 0 Å². The van der Waals surface area contributed by atoms with Crippen molar-refractivity contribution in [3.8, 4) is 5.75 Å². The molecule has 0 radical (unpaired) electrons. The molecule has 2 aromatic rings. The Morgan fingerprint density at radius 3 is 2.37 bits per heavy atom. The second-order valence-corrected chi connectivity index (χ2v) is 7.23. The lowest BCUT2D eigenvalue weighted by atomic mass is 10.1. The van der Waals surface area contributed by atoms with Crippen molar-refractivity contribution < 1.29 is 23.9 Å². The van der Waals surface area contributed by atoms with E-state index in [4.69, 9.17) is 9.47 Å². The average molecular weight is 412 g/mol. The summed E-state index contributed by atoms with van der Waals surface area (Å²) in [6.07, 6.45) is -1.03. The van der Waals surface area contributed by atoms with E-state index in [2.05, 4.69) is 5.32 Å². The van der Waals surface area contributed by atoms with Gasteiger partial charge in [-0.05, 0) is 57.0 Å². The summed E-state index contributed by atoms with van der Waals surface area (Å²) in [7, 11) is 1.48. The molecule has 0 aliphatic rings. The number of nitrogens with zero attached hydrogens (tertiary/aromatic N) is 1. The lowest BCUT2D eigenvalue weighted by Crippen LogP contribution is -2.42. The number of hydrogen-bond donors (Lipinski definition) is 1. The lowest BCUT2D eigenvalue weighted by Gasteiger charge is -2.21. The van der Waals surface area contributed by atoms with E-state index in [1.807, 2.05) is 45.0 Å². The van der Waals surface area contributed by atoms with Gasteiger partial charge in [0.15, 0.2) is 12.7 Å². The fourth-order valence-corrected chi connectivity index (χ4v) is 2.74. The molecule has 1 N–H and O–H groups in total. The van der Waals surface area contributed by atoms with Gasteiger partial charge in [-0.2, -0.15) is 0 Å². The molecule has 7 heteroatoms. The maximum absolute atomic E-state index is 12.4. The van der Waals surface area contributed by atoms with Crippen LogP contribution in [0.2, 0.25) is 0 Å². The van der Waals surface area contributed by atoms with Crippen LogP contribution in [0.1, 0.15) is 23.6 Å². The highest BCUT2D eigenvalue weighted by molar-refractivity contribution is 5.95. The molecular weight excluding hydrogens is 384 g/mol. The number of carbonyl (C=O) groups excluding carboxylic acids is 3. The molecule has 0 fully saturated rings. The minimum Gasteiger partial charge on any atom is -0.482 e. The highest BCUT2D eigenvalue weighted by Gasteiger charge is 2.23. The highest BCUT2D eigenvalue weighted by atomic mass is 16.6. The van der Waals surface area contributed by atoms with Crippen LogP contribution in [0.15, 0.2) is 42.5 Å². The number of ether oxygens (including phenoxy) is 2. The SMILES string of the molecule is Cc1ccc(NC(=O)CN(C)C(=O)[C@H](C)OC(=O)COc2cccc(C)c2C)cc1. The second kappa shape index (κ2) is 10.4. The third-order valence-electron chi connectivity index (χ3n) is 4.65. The number of nitrogens with one attached hydrogen (secondary N) is 1. The third kappa shape index (κ3) is 6.62. The summed E-state index contributed by atoms with van der Waals surface area (Å²) < 4.78 is 10.6. The molecule has 1 atom stereocenters. The first-order chi connectivity index (χ1) is 14.2. The molecule has 0 bridgehead atoms. The average Bonchev–Trinajstić information content (AvgIpc) is 2.70. The van der Waals surface area contributed by atoms with Crippen LogP contribution >= 0.6 is 0 Å². The maximum Gasteiger partial charge on any atom is 0.344 e. The molecule has 0 aromatic heterocycles. The van der Waals surface area contributed by atoms with Crippen molar-refractivity contribution in [3.05, 3.63) is 59.2 Å². The van der Waals surface area contributed by atoms with Crippen molar-refractivity contribution in [1.29, 1.82) is 0 Å². The predicted molar refractivity (Wildman–Crippen MR) is 114 cm³/mol. The first-order valence-corrected chi connectivity index (χ1v) is 9.67. The van der Waals surface area contributed by atoms with E-state index in [0.29, 0.717) is 11.4 Å². The molecule has 0 unspecified atom stereocenters. The van der Waals surface area contributed by atoms with Gasteiger partial charge in [0.2, 0.25) is 5.91 Å². The van der Waals surface area contributed by atoms with Gasteiger partial charge >= 0.3 is 5.97 Å². The second-order valence-electron chi connectivity index (χ2n) is 7.23. The number of rotatable bonds is 8. The van der Waals surface area contributed by atoms with Crippen molar-refractivity contribution in [2.75, 3.05) is 25.5 Å². The number of likely N-dealkylation sites (N-methyl/N-ethyl adjacent to an activating group) is 1. The molecule has 160 valence electrons. The topological polar surface area (TPSA) is 84.9 Å². The van der Waals surface area contributed by atoms with E-state index in [-0.39, 0.29) is 19.1 Å². The van der Waals surface area contributed by atoms with Gasteiger partial charge in [-0.3, -0.25) is 9.59 Å². The van der Waals surface area contributed by atoms with Gasteiger partial charge in [-0.25, -0.2) is 4.79 Å². The first kappa shape index (κ1) is 22.9. The van der Waals surface area contributed by atoms with E-state index in [9.17, 15) is 14.4 Å². The van der Waals surface area contributed by atoms with E-state index in [0.717, 1.165) is 16.7 Å². The van der Waals surface area contributed by atoms with Crippen LogP contribution in [0, 0.1) is 20.8 Å². The molecule has 0 aliphatic heterocycles. The van der Waals surface area contributed by atoms with E-state index >= 15 is 0 Å². The van der Waals surface area contributed by atoms with E-state index < -0.39 is 18.0 Å². The molecular formula is C23H28N2O5. The molecule has 2 rings (SSSR count). The van der Waals surface area contributed by atoms with Crippen molar-refractivity contribution in [2.45, 2.75) is 33.8 Å². The summed E-state index contributed by atoms with van der Waals surface area (Å²) in [5.41, 5.74) is 3.72. The lowest BCUT2D eigenvalue weighted by molar-refractivity contribution is -0.160. The first-order valence-electron chi connectivity index (χ1n) is 9.67. The van der Waals surface area contributed by atoms with Gasteiger partial charge in [0.1, 0.15) is 5.75 Å². The smallest absolute Gasteiger partial charge is 0.344 e. The quantitative estimate of drug-likeness (QED) is 0.674. The number of amides is 2. The van der Waals surface area contributed by atoms with Crippen molar-refractivity contribution >= 4 is 23.5 Å². The predicted octanol–water partition coefficient (Wildman–Crippen LogP) is 3.02. The van der Waals surface area contributed by atoms with Crippen molar-refractivity contribution in [1.82, 2.24) is 4.90 Å². The number of hydrogen-bond acceptors (Lipinski definition) is 5. The number of aryl methyl sites for hydroxylation is 2. The molecule has 0 saturated heterocycles. The monoisotopic (exact) mass is 412 g/mol. The summed E-state index contributed by atoms with van der Waals surface area (Å²) in [6, 6.07) is 12.9. The van der Waals surface area contributed by atoms with Gasteiger partial charge in [-0.15, -0.1) is 0 Å². The zero-order chi connectivity index (χ0) is 22.3. The Bertz CT molecular complexity index is 908. The summed E-state index contributed by atoms with van der Waals surface area (Å²) in [4.78, 5) is 37.8. The van der Waals surface area contributed by atoms with Crippen LogP contribution in [0.3, 0.4) is 0 Å². The Hall–Kier alpha value is -3.35. The zero-order valence-electron chi connectivity index (χ0n) is 18.0. The van der Waals surface area contributed by atoms with E-state index in [1.165, 1.54) is 18.9 Å². The fraction of sp³-hybridized carbons (Fsp3) is 0.348. The van der Waals surface area contributed by atoms with Crippen LogP contribution in [0.4, 0.5) is 5.69 Å². The molecule has 0 saturated carbocycles. The zero-order valence-corrected chi connectivity index (χ0v) is 18.0. The highest BCUT2D eigenvalue weighted by Crippen LogP contribution is 2.20. The summed E-state index contributed by atoms with van der Waals surface area (Å²) in [6.45, 7) is 6.80. The Labute approximate surface area is 177 Å². The summed E-state index contributed by atoms with van der Waals surface area (Å²) in [5.74, 6) is -0.884. The standard InChI is InChI=1S/C23H28N2O5/c1-15-9-11-19(12-10-15)24-21(26)13-25(5)23(28)18(4)30-22(27)14-29-20-8-6-7-16(2)17(20)3/h6-12,18H,13-14H2,1-5H3,(H,24,26)/t18-/m0/s1. The molecule has 0 heterocycles. The number of anilines is 1. The number of benzene rings is 2. The van der Waals surface area contributed by atoms with Gasteiger partial charge in [0, 0.05) is 12.7 Å². The fourth-order valence-electron chi connectivity index (χ4n) is 2.74. The Morgan fingerprint density at radius 1 is 1.03 bits per heavy atom. The Kier molecular flexibility index (Phi) is 7.98. The molecule has 2 amide bonds. The largest absolute Gasteiger partial charge is 0.482 e. The van der Waals surface area contributed by atoms with Gasteiger partial charge in [0.05, 0.1) is 6.54 Å². The van der Waals surface area contributed by atoms with Gasteiger partial charge in [-0.1, -0.05) is 29.8 Å². The number of esters is 1. The summed E-state index contributed by atoms with van der Waals surface area (Å²) >= 11 is 0. The Morgan fingerprint density at radius 2 is 1.70 bits per heavy atom. The van der Waals surface area contributed by atoms with Crippen LogP contribution in [-0.4, -0.2) is 49.0 Å². The molecule has 30 heavy (non-hydrogen) atoms. The minimum absolute atomic E-state index is 0.159. The summed E-state index contributed by atoms with van der Waals surface area (Å²) in [5, 5.41) is 2.72. The Balaban J connectivity index is 1.80. The number of carbonyl (C=O) groups is 3. The van der Waals surface area contributed by atoms with E-state index in [1.54, 1.807) is 18.2 Å². The van der Waals surface area contributed by atoms with Crippen molar-refractivity contribution in [3.63, 3.8) is 0 Å². The molecule has 7 nitrogen and oxygen atoms in total. The van der Waals surface area contributed by atoms with Crippen molar-refractivity contribution in [2.24, 2.45) is 0 Å². The van der Waals surface area contributed by atoms with Crippen LogP contribution in [-0.2, 0) is 19.1 Å². The van der Waals surface area contributed by atoms with Gasteiger partial charge in [0.25, 0.3) is 5.91 Å². The maximum atomic E-state index is 12.4.